The van der Waals surface area contributed by atoms with Crippen molar-refractivity contribution in [2.75, 3.05) is 14.2 Å². The first kappa shape index (κ1) is 13.2. The van der Waals surface area contributed by atoms with Crippen molar-refractivity contribution in [3.8, 4) is 11.8 Å². The average molecular weight is 262 g/mol. The highest BCUT2D eigenvalue weighted by molar-refractivity contribution is 5.29. The van der Waals surface area contributed by atoms with Gasteiger partial charge >= 0.3 is 0 Å². The van der Waals surface area contributed by atoms with Gasteiger partial charge in [-0.15, -0.1) is 0 Å². The van der Waals surface area contributed by atoms with Crippen molar-refractivity contribution in [2.45, 2.75) is 13.0 Å². The molecule has 0 amide bonds. The highest BCUT2D eigenvalue weighted by Crippen LogP contribution is 2.26. The number of hydrogen-bond donors (Lipinski definition) is 1. The van der Waals surface area contributed by atoms with E-state index in [1.54, 1.807) is 6.20 Å². The topological polar surface area (TPSA) is 90.2 Å². The molecule has 100 valence electrons. The van der Waals surface area contributed by atoms with Crippen LogP contribution in [0.4, 0.5) is 0 Å². The number of nitrogens with zero attached hydrogens (tertiary/aromatic N) is 4. The molecule has 7 heteroatoms. The summed E-state index contributed by atoms with van der Waals surface area (Å²) in [7, 11) is 2.92. The molecule has 1 unspecified atom stereocenters. The largest absolute Gasteiger partial charge is 0.480 e. The number of rotatable bonds is 4. The van der Waals surface area contributed by atoms with Gasteiger partial charge in [0.25, 0.3) is 0 Å². The minimum absolute atomic E-state index is 0.189. The number of aliphatic hydroxyl groups is 1. The molecular formula is C12H14N4O3. The van der Waals surface area contributed by atoms with Gasteiger partial charge in [0.15, 0.2) is 0 Å². The molecule has 1 N–H and O–H groups in total. The molecule has 0 fully saturated rings. The van der Waals surface area contributed by atoms with Gasteiger partial charge in [-0.3, -0.25) is 9.97 Å². The second-order valence-electron chi connectivity index (χ2n) is 3.79. The van der Waals surface area contributed by atoms with Gasteiger partial charge in [0.1, 0.15) is 11.8 Å². The van der Waals surface area contributed by atoms with Gasteiger partial charge in [-0.25, -0.2) is 4.98 Å². The molecule has 2 rings (SSSR count). The summed E-state index contributed by atoms with van der Waals surface area (Å²) in [4.78, 5) is 16.3. The Morgan fingerprint density at radius 2 is 1.84 bits per heavy atom. The van der Waals surface area contributed by atoms with Gasteiger partial charge in [0, 0.05) is 6.20 Å². The molecule has 0 aliphatic carbocycles. The van der Waals surface area contributed by atoms with E-state index in [4.69, 9.17) is 9.47 Å². The first-order chi connectivity index (χ1) is 9.15. The third-order valence-corrected chi connectivity index (χ3v) is 2.49. The Bertz CT molecular complexity index is 559. The van der Waals surface area contributed by atoms with Gasteiger partial charge in [0.2, 0.25) is 11.8 Å². The molecule has 0 bridgehead atoms. The molecule has 0 saturated heterocycles. The third kappa shape index (κ3) is 2.76. The number of hydrogen-bond acceptors (Lipinski definition) is 7. The van der Waals surface area contributed by atoms with E-state index in [9.17, 15) is 5.11 Å². The fraction of sp³-hybridized carbons (Fsp3) is 0.333. The van der Waals surface area contributed by atoms with Crippen LogP contribution in [0.15, 0.2) is 18.6 Å². The molecule has 0 aliphatic heterocycles. The molecule has 0 aromatic carbocycles. The Morgan fingerprint density at radius 3 is 2.42 bits per heavy atom. The van der Waals surface area contributed by atoms with Gasteiger partial charge < -0.3 is 14.6 Å². The van der Waals surface area contributed by atoms with E-state index in [1.807, 2.05) is 6.92 Å². The van der Waals surface area contributed by atoms with Crippen LogP contribution in [0.5, 0.6) is 11.8 Å². The normalized spacial score (nSPS) is 12.0. The lowest BCUT2D eigenvalue weighted by Gasteiger charge is -2.12. The molecule has 2 aromatic heterocycles. The van der Waals surface area contributed by atoms with Gasteiger partial charge in [-0.05, 0) is 6.92 Å². The third-order valence-electron chi connectivity index (χ3n) is 2.49. The fourth-order valence-electron chi connectivity index (χ4n) is 1.49. The second kappa shape index (κ2) is 5.57. The van der Waals surface area contributed by atoms with E-state index < -0.39 is 6.10 Å². The maximum atomic E-state index is 10.2. The zero-order valence-electron chi connectivity index (χ0n) is 10.9. The van der Waals surface area contributed by atoms with Crippen LogP contribution >= 0.6 is 0 Å². The molecule has 0 aliphatic rings. The Kier molecular flexibility index (Phi) is 3.86. The van der Waals surface area contributed by atoms with Crippen molar-refractivity contribution in [1.29, 1.82) is 0 Å². The van der Waals surface area contributed by atoms with Gasteiger partial charge in [0.05, 0.1) is 38.0 Å². The number of aryl methyl sites for hydroxylation is 1. The second-order valence-corrected chi connectivity index (χ2v) is 3.79. The van der Waals surface area contributed by atoms with Crippen LogP contribution < -0.4 is 9.47 Å². The first-order valence-corrected chi connectivity index (χ1v) is 5.57. The molecule has 0 saturated carbocycles. The zero-order chi connectivity index (χ0) is 13.8. The van der Waals surface area contributed by atoms with Crippen LogP contribution in [0.1, 0.15) is 23.2 Å². The lowest BCUT2D eigenvalue weighted by Crippen LogP contribution is -2.09. The molecule has 0 spiro atoms. The van der Waals surface area contributed by atoms with Crippen molar-refractivity contribution < 1.29 is 14.6 Å². The lowest BCUT2D eigenvalue weighted by atomic mass is 10.2. The summed E-state index contributed by atoms with van der Waals surface area (Å²) in [6, 6.07) is 0. The molecular weight excluding hydrogens is 248 g/mol. The summed E-state index contributed by atoms with van der Waals surface area (Å²) < 4.78 is 10.0. The quantitative estimate of drug-likeness (QED) is 0.866. The van der Waals surface area contributed by atoms with E-state index in [-0.39, 0.29) is 11.6 Å². The molecule has 0 radical (unpaired) electrons. The SMILES string of the molecule is COc1cnc(C(O)c2cnc(C)cn2)c(OC)n1. The maximum Gasteiger partial charge on any atom is 0.241 e. The minimum atomic E-state index is -1.05. The summed E-state index contributed by atoms with van der Waals surface area (Å²) in [5, 5.41) is 10.2. The predicted octanol–water partition coefficient (Wildman–Crippen LogP) is 0.674. The highest BCUT2D eigenvalue weighted by Gasteiger charge is 2.20. The van der Waals surface area contributed by atoms with Crippen LogP contribution in [0.2, 0.25) is 0 Å². The lowest BCUT2D eigenvalue weighted by molar-refractivity contribution is 0.201. The van der Waals surface area contributed by atoms with Gasteiger partial charge in [-0.1, -0.05) is 0 Å². The van der Waals surface area contributed by atoms with Crippen molar-refractivity contribution >= 4 is 0 Å². The van der Waals surface area contributed by atoms with E-state index in [0.717, 1.165) is 5.69 Å². The monoisotopic (exact) mass is 262 g/mol. The molecule has 2 aromatic rings. The van der Waals surface area contributed by atoms with Crippen LogP contribution in [0.3, 0.4) is 0 Å². The number of ether oxygens (including phenoxy) is 2. The van der Waals surface area contributed by atoms with Crippen molar-refractivity contribution in [3.05, 3.63) is 35.7 Å². The Morgan fingerprint density at radius 1 is 1.05 bits per heavy atom. The fourth-order valence-corrected chi connectivity index (χ4v) is 1.49. The standard InChI is InChI=1S/C12H14N4O3/c1-7-4-14-8(5-13-7)11(17)10-12(19-3)16-9(18-2)6-15-10/h4-6,11,17H,1-3H3. The molecule has 19 heavy (non-hydrogen) atoms. The molecule has 2 heterocycles. The summed E-state index contributed by atoms with van der Waals surface area (Å²) in [6.45, 7) is 1.82. The first-order valence-electron chi connectivity index (χ1n) is 5.57. The van der Waals surface area contributed by atoms with Crippen molar-refractivity contribution in [3.63, 3.8) is 0 Å². The summed E-state index contributed by atoms with van der Waals surface area (Å²) in [6.07, 6.45) is 3.41. The Labute approximate surface area is 110 Å². The van der Waals surface area contributed by atoms with Crippen molar-refractivity contribution in [1.82, 2.24) is 19.9 Å². The smallest absolute Gasteiger partial charge is 0.241 e. The highest BCUT2D eigenvalue weighted by atomic mass is 16.5. The average Bonchev–Trinajstić information content (AvgIpc) is 2.46. The molecule has 1 atom stereocenters. The number of methoxy groups -OCH3 is 2. The summed E-state index contributed by atoms with van der Waals surface area (Å²) in [5.74, 6) is 0.497. The minimum Gasteiger partial charge on any atom is -0.480 e. The van der Waals surface area contributed by atoms with Crippen molar-refractivity contribution in [2.24, 2.45) is 0 Å². The van der Waals surface area contributed by atoms with Crippen LogP contribution in [-0.2, 0) is 0 Å². The van der Waals surface area contributed by atoms with Crippen LogP contribution in [0.25, 0.3) is 0 Å². The Hall–Kier alpha value is -2.28. The van der Waals surface area contributed by atoms with E-state index in [1.165, 1.54) is 26.6 Å². The maximum absolute atomic E-state index is 10.2. The Balaban J connectivity index is 2.37. The number of aliphatic hydroxyl groups excluding tert-OH is 1. The number of aromatic nitrogens is 4. The van der Waals surface area contributed by atoms with Crippen LogP contribution in [0, 0.1) is 6.92 Å². The summed E-state index contributed by atoms with van der Waals surface area (Å²) in [5.41, 5.74) is 1.41. The van der Waals surface area contributed by atoms with E-state index in [2.05, 4.69) is 19.9 Å². The predicted molar refractivity (Wildman–Crippen MR) is 66.0 cm³/mol. The van der Waals surface area contributed by atoms with Crippen LogP contribution in [-0.4, -0.2) is 39.3 Å². The van der Waals surface area contributed by atoms with E-state index in [0.29, 0.717) is 11.6 Å². The summed E-state index contributed by atoms with van der Waals surface area (Å²) >= 11 is 0. The molecule has 7 nitrogen and oxygen atoms in total. The van der Waals surface area contributed by atoms with Gasteiger partial charge in [-0.2, -0.15) is 4.98 Å². The van der Waals surface area contributed by atoms with E-state index >= 15 is 0 Å². The zero-order valence-corrected chi connectivity index (χ0v) is 10.9.